The predicted octanol–water partition coefficient (Wildman–Crippen LogP) is 8.43. The van der Waals surface area contributed by atoms with Crippen molar-refractivity contribution in [3.05, 3.63) is 46.0 Å². The molecule has 0 bridgehead atoms. The van der Waals surface area contributed by atoms with Gasteiger partial charge in [-0.1, -0.05) is 54.8 Å². The Bertz CT molecular complexity index is 561. The van der Waals surface area contributed by atoms with E-state index in [2.05, 4.69) is 31.2 Å². The van der Waals surface area contributed by atoms with E-state index in [1.165, 1.54) is 69.8 Å². The highest BCUT2D eigenvalue weighted by atomic mass is 35.5. The van der Waals surface area contributed by atoms with Gasteiger partial charge in [0, 0.05) is 0 Å². The molecule has 0 heterocycles. The maximum Gasteiger partial charge on any atom is 0.0595 e. The molecular weight excluding hydrogens is 347 g/mol. The second-order valence-electron chi connectivity index (χ2n) is 8.18. The molecular formula is C23H32Cl2. The molecule has 0 atom stereocenters. The van der Waals surface area contributed by atoms with Crippen molar-refractivity contribution in [1.29, 1.82) is 0 Å². The van der Waals surface area contributed by atoms with Crippen molar-refractivity contribution in [3.8, 4) is 0 Å². The van der Waals surface area contributed by atoms with Gasteiger partial charge in [0.1, 0.15) is 0 Å². The van der Waals surface area contributed by atoms with Crippen LogP contribution in [0.5, 0.6) is 0 Å². The Kier molecular flexibility index (Phi) is 7.31. The topological polar surface area (TPSA) is 0 Å². The quantitative estimate of drug-likeness (QED) is 0.450. The van der Waals surface area contributed by atoms with E-state index in [1.807, 2.05) is 6.07 Å². The van der Waals surface area contributed by atoms with Gasteiger partial charge in [0.2, 0.25) is 0 Å². The fourth-order valence-electron chi connectivity index (χ4n) is 4.95. The van der Waals surface area contributed by atoms with Crippen LogP contribution in [0.1, 0.15) is 82.6 Å². The molecule has 25 heavy (non-hydrogen) atoms. The SMILES string of the molecule is CCC/C=C/[C@H]1CC[C@H](C2CCC(c3ccc(Cl)c(Cl)c3)CC2)CC1. The zero-order chi connectivity index (χ0) is 17.6. The van der Waals surface area contributed by atoms with E-state index in [-0.39, 0.29) is 0 Å². The minimum absolute atomic E-state index is 0.670. The Hall–Kier alpha value is -0.460. The van der Waals surface area contributed by atoms with Gasteiger partial charge in [0.25, 0.3) is 0 Å². The molecule has 138 valence electrons. The summed E-state index contributed by atoms with van der Waals surface area (Å²) in [5.74, 6) is 3.47. The van der Waals surface area contributed by atoms with Gasteiger partial charge in [0.15, 0.2) is 0 Å². The lowest BCUT2D eigenvalue weighted by Crippen LogP contribution is -2.25. The first-order chi connectivity index (χ1) is 12.2. The smallest absolute Gasteiger partial charge is 0.0595 e. The number of hydrogen-bond acceptors (Lipinski definition) is 0. The molecule has 2 heteroatoms. The van der Waals surface area contributed by atoms with E-state index < -0.39 is 0 Å². The molecule has 0 unspecified atom stereocenters. The van der Waals surface area contributed by atoms with Crippen molar-refractivity contribution >= 4 is 23.2 Å². The summed E-state index contributed by atoms with van der Waals surface area (Å²) >= 11 is 12.3. The van der Waals surface area contributed by atoms with E-state index >= 15 is 0 Å². The molecule has 0 radical (unpaired) electrons. The molecule has 0 nitrogen and oxygen atoms in total. The molecule has 0 aliphatic heterocycles. The lowest BCUT2D eigenvalue weighted by molar-refractivity contribution is 0.171. The minimum Gasteiger partial charge on any atom is -0.0883 e. The van der Waals surface area contributed by atoms with Crippen molar-refractivity contribution in [2.45, 2.75) is 77.0 Å². The van der Waals surface area contributed by atoms with Gasteiger partial charge in [0.05, 0.1) is 10.0 Å². The lowest BCUT2D eigenvalue weighted by atomic mass is 9.68. The number of hydrogen-bond donors (Lipinski definition) is 0. The largest absolute Gasteiger partial charge is 0.0883 e. The van der Waals surface area contributed by atoms with Crippen LogP contribution in [0.2, 0.25) is 10.0 Å². The van der Waals surface area contributed by atoms with Crippen LogP contribution in [0.4, 0.5) is 0 Å². The molecule has 2 aliphatic carbocycles. The number of benzene rings is 1. The van der Waals surface area contributed by atoms with Gasteiger partial charge in [-0.05, 0) is 99.2 Å². The Morgan fingerprint density at radius 2 is 1.52 bits per heavy atom. The van der Waals surface area contributed by atoms with Gasteiger partial charge in [-0.15, -0.1) is 0 Å². The van der Waals surface area contributed by atoms with Crippen molar-refractivity contribution in [1.82, 2.24) is 0 Å². The predicted molar refractivity (Wildman–Crippen MR) is 111 cm³/mol. The third-order valence-electron chi connectivity index (χ3n) is 6.53. The lowest BCUT2D eigenvalue weighted by Gasteiger charge is -2.37. The first-order valence-electron chi connectivity index (χ1n) is 10.3. The molecule has 0 saturated heterocycles. The molecule has 2 aliphatic rings. The van der Waals surface area contributed by atoms with E-state index in [0.29, 0.717) is 16.0 Å². The second-order valence-corrected chi connectivity index (χ2v) is 8.99. The van der Waals surface area contributed by atoms with Crippen LogP contribution in [0, 0.1) is 17.8 Å². The highest BCUT2D eigenvalue weighted by Gasteiger charge is 2.30. The van der Waals surface area contributed by atoms with Crippen LogP contribution < -0.4 is 0 Å². The average molecular weight is 379 g/mol. The normalized spacial score (nSPS) is 30.7. The highest BCUT2D eigenvalue weighted by Crippen LogP contribution is 2.44. The van der Waals surface area contributed by atoms with Gasteiger partial charge >= 0.3 is 0 Å². The summed E-state index contributed by atoms with van der Waals surface area (Å²) in [5, 5.41) is 1.37. The minimum atomic E-state index is 0.670. The molecule has 0 amide bonds. The van der Waals surface area contributed by atoms with Crippen LogP contribution in [0.15, 0.2) is 30.4 Å². The second kappa shape index (κ2) is 9.47. The van der Waals surface area contributed by atoms with Crippen molar-refractivity contribution in [2.24, 2.45) is 17.8 Å². The highest BCUT2D eigenvalue weighted by molar-refractivity contribution is 6.42. The van der Waals surface area contributed by atoms with Crippen molar-refractivity contribution in [2.75, 3.05) is 0 Å². The molecule has 0 aromatic heterocycles. The summed E-state index contributed by atoms with van der Waals surface area (Å²) in [6, 6.07) is 6.22. The number of rotatable bonds is 5. The standard InChI is InChI=1S/C23H32Cl2/c1-2-3-4-5-17-6-8-18(9-7-17)19-10-12-20(13-11-19)21-14-15-22(24)23(25)16-21/h4-5,14-20H,2-3,6-13H2,1H3/b5-4+/t17-,18-,19?,20?. The van der Waals surface area contributed by atoms with Crippen LogP contribution in [0.3, 0.4) is 0 Å². The summed E-state index contributed by atoms with van der Waals surface area (Å²) in [5.41, 5.74) is 1.39. The maximum absolute atomic E-state index is 6.21. The molecule has 0 N–H and O–H groups in total. The Morgan fingerprint density at radius 1 is 0.880 bits per heavy atom. The van der Waals surface area contributed by atoms with Gasteiger partial charge in [-0.25, -0.2) is 0 Å². The van der Waals surface area contributed by atoms with Gasteiger partial charge in [-0.2, -0.15) is 0 Å². The summed E-state index contributed by atoms with van der Waals surface area (Å²) in [4.78, 5) is 0. The fraction of sp³-hybridized carbons (Fsp3) is 0.652. The number of halogens is 2. The van der Waals surface area contributed by atoms with Crippen LogP contribution in [-0.4, -0.2) is 0 Å². The molecule has 3 rings (SSSR count). The molecule has 1 aromatic carbocycles. The van der Waals surface area contributed by atoms with Crippen LogP contribution in [-0.2, 0) is 0 Å². The number of allylic oxidation sites excluding steroid dienone is 2. The third kappa shape index (κ3) is 5.27. The van der Waals surface area contributed by atoms with E-state index in [9.17, 15) is 0 Å². The van der Waals surface area contributed by atoms with Gasteiger partial charge < -0.3 is 0 Å². The van der Waals surface area contributed by atoms with Crippen LogP contribution >= 0.6 is 23.2 Å². The van der Waals surface area contributed by atoms with E-state index in [4.69, 9.17) is 23.2 Å². The third-order valence-corrected chi connectivity index (χ3v) is 7.27. The first kappa shape index (κ1) is 19.3. The average Bonchev–Trinajstić information content (AvgIpc) is 2.65. The maximum atomic E-state index is 6.21. The van der Waals surface area contributed by atoms with Crippen molar-refractivity contribution in [3.63, 3.8) is 0 Å². The van der Waals surface area contributed by atoms with Crippen molar-refractivity contribution < 1.29 is 0 Å². The fourth-order valence-corrected chi connectivity index (χ4v) is 5.26. The molecule has 2 fully saturated rings. The molecule has 2 saturated carbocycles. The number of unbranched alkanes of at least 4 members (excludes halogenated alkanes) is 1. The Balaban J connectivity index is 1.46. The first-order valence-corrected chi connectivity index (χ1v) is 11.0. The van der Waals surface area contributed by atoms with E-state index in [0.717, 1.165) is 17.8 Å². The summed E-state index contributed by atoms with van der Waals surface area (Å²) in [6.07, 6.45) is 18.6. The summed E-state index contributed by atoms with van der Waals surface area (Å²) in [6.45, 7) is 2.26. The summed E-state index contributed by atoms with van der Waals surface area (Å²) in [7, 11) is 0. The zero-order valence-corrected chi connectivity index (χ0v) is 17.0. The van der Waals surface area contributed by atoms with Crippen LogP contribution in [0.25, 0.3) is 0 Å². The molecule has 1 aromatic rings. The Labute approximate surface area is 164 Å². The monoisotopic (exact) mass is 378 g/mol. The zero-order valence-electron chi connectivity index (χ0n) is 15.5. The summed E-state index contributed by atoms with van der Waals surface area (Å²) < 4.78 is 0. The Morgan fingerprint density at radius 3 is 2.12 bits per heavy atom. The molecule has 0 spiro atoms. The van der Waals surface area contributed by atoms with E-state index in [1.54, 1.807) is 0 Å². The van der Waals surface area contributed by atoms with Gasteiger partial charge in [-0.3, -0.25) is 0 Å².